The molecule has 0 saturated carbocycles. The number of benzene rings is 1. The molecule has 6 heteroatoms. The van der Waals surface area contributed by atoms with Crippen LogP contribution in [0.15, 0.2) is 35.1 Å². The van der Waals surface area contributed by atoms with Crippen LogP contribution in [0.3, 0.4) is 0 Å². The van der Waals surface area contributed by atoms with Crippen LogP contribution in [-0.4, -0.2) is 29.5 Å². The molecule has 20 heavy (non-hydrogen) atoms. The normalized spacial score (nSPS) is 10.3. The maximum atomic E-state index is 11.7. The SMILES string of the molecule is CCOC(=O)c1cn(Cc2ccc(OC)cc2)nc1Br. The van der Waals surface area contributed by atoms with Gasteiger partial charge in [-0.1, -0.05) is 12.1 Å². The Labute approximate surface area is 125 Å². The van der Waals surface area contributed by atoms with Gasteiger partial charge in [-0.15, -0.1) is 0 Å². The lowest BCUT2D eigenvalue weighted by Crippen LogP contribution is -2.04. The Balaban J connectivity index is 2.13. The van der Waals surface area contributed by atoms with Gasteiger partial charge in [0, 0.05) is 6.20 Å². The number of esters is 1. The Bertz CT molecular complexity index is 593. The number of rotatable bonds is 5. The minimum Gasteiger partial charge on any atom is -0.497 e. The summed E-state index contributed by atoms with van der Waals surface area (Å²) < 4.78 is 12.3. The van der Waals surface area contributed by atoms with Gasteiger partial charge in [0.05, 0.1) is 20.3 Å². The van der Waals surface area contributed by atoms with Gasteiger partial charge in [-0.05, 0) is 40.5 Å². The first-order valence-electron chi connectivity index (χ1n) is 6.17. The van der Waals surface area contributed by atoms with E-state index in [-0.39, 0.29) is 5.97 Å². The maximum absolute atomic E-state index is 11.7. The second-order valence-electron chi connectivity index (χ2n) is 4.10. The predicted molar refractivity (Wildman–Crippen MR) is 78.0 cm³/mol. The molecule has 1 aromatic heterocycles. The summed E-state index contributed by atoms with van der Waals surface area (Å²) in [4.78, 5) is 11.7. The lowest BCUT2D eigenvalue weighted by Gasteiger charge is -2.03. The van der Waals surface area contributed by atoms with E-state index in [1.54, 1.807) is 24.9 Å². The molecule has 0 saturated heterocycles. The van der Waals surface area contributed by atoms with E-state index in [0.717, 1.165) is 11.3 Å². The quantitative estimate of drug-likeness (QED) is 0.786. The van der Waals surface area contributed by atoms with Crippen LogP contribution in [0, 0.1) is 0 Å². The van der Waals surface area contributed by atoms with Crippen LogP contribution in [0.1, 0.15) is 22.8 Å². The van der Waals surface area contributed by atoms with Gasteiger partial charge >= 0.3 is 5.97 Å². The Morgan fingerprint density at radius 3 is 2.65 bits per heavy atom. The highest BCUT2D eigenvalue weighted by Gasteiger charge is 2.15. The molecule has 0 fully saturated rings. The topological polar surface area (TPSA) is 53.4 Å². The van der Waals surface area contributed by atoms with Crippen LogP contribution in [0.4, 0.5) is 0 Å². The molecular formula is C14H15BrN2O3. The number of hydrogen-bond acceptors (Lipinski definition) is 4. The highest BCUT2D eigenvalue weighted by atomic mass is 79.9. The van der Waals surface area contributed by atoms with Gasteiger partial charge in [-0.25, -0.2) is 4.79 Å². The van der Waals surface area contributed by atoms with Crippen LogP contribution >= 0.6 is 15.9 Å². The number of aromatic nitrogens is 2. The minimum atomic E-state index is -0.375. The van der Waals surface area contributed by atoms with E-state index in [1.807, 2.05) is 24.3 Å². The zero-order chi connectivity index (χ0) is 14.5. The van der Waals surface area contributed by atoms with Crippen LogP contribution in [0.25, 0.3) is 0 Å². The van der Waals surface area contributed by atoms with Gasteiger partial charge in [0.2, 0.25) is 0 Å². The van der Waals surface area contributed by atoms with Crippen LogP contribution in [-0.2, 0) is 11.3 Å². The Morgan fingerprint density at radius 2 is 2.05 bits per heavy atom. The zero-order valence-corrected chi connectivity index (χ0v) is 12.9. The third kappa shape index (κ3) is 3.39. The molecule has 0 aliphatic carbocycles. The van der Waals surface area contributed by atoms with Gasteiger partial charge in [0.15, 0.2) is 0 Å². The molecule has 5 nitrogen and oxygen atoms in total. The molecule has 0 N–H and O–H groups in total. The molecule has 0 bridgehead atoms. The number of carbonyl (C=O) groups is 1. The fourth-order valence-electron chi connectivity index (χ4n) is 1.74. The fraction of sp³-hybridized carbons (Fsp3) is 0.286. The van der Waals surface area contributed by atoms with Gasteiger partial charge in [-0.3, -0.25) is 4.68 Å². The predicted octanol–water partition coefficient (Wildman–Crippen LogP) is 2.88. The minimum absolute atomic E-state index is 0.342. The van der Waals surface area contributed by atoms with Crippen molar-refractivity contribution in [2.45, 2.75) is 13.5 Å². The van der Waals surface area contributed by atoms with Crippen molar-refractivity contribution < 1.29 is 14.3 Å². The van der Waals surface area contributed by atoms with E-state index >= 15 is 0 Å². The van der Waals surface area contributed by atoms with Crippen molar-refractivity contribution in [3.63, 3.8) is 0 Å². The van der Waals surface area contributed by atoms with Gasteiger partial charge < -0.3 is 9.47 Å². The first kappa shape index (κ1) is 14.6. The summed E-state index contributed by atoms with van der Waals surface area (Å²) in [6.45, 7) is 2.69. The summed E-state index contributed by atoms with van der Waals surface area (Å²) in [5.74, 6) is 0.433. The van der Waals surface area contributed by atoms with E-state index in [1.165, 1.54) is 0 Å². The molecule has 0 atom stereocenters. The smallest absolute Gasteiger partial charge is 0.342 e. The largest absolute Gasteiger partial charge is 0.497 e. The lowest BCUT2D eigenvalue weighted by molar-refractivity contribution is 0.0525. The third-order valence-electron chi connectivity index (χ3n) is 2.72. The highest BCUT2D eigenvalue weighted by molar-refractivity contribution is 9.10. The van der Waals surface area contributed by atoms with E-state index in [9.17, 15) is 4.79 Å². The molecular weight excluding hydrogens is 324 g/mol. The highest BCUT2D eigenvalue weighted by Crippen LogP contribution is 2.17. The van der Waals surface area contributed by atoms with E-state index in [0.29, 0.717) is 23.3 Å². The number of methoxy groups -OCH3 is 1. The van der Waals surface area contributed by atoms with Crippen molar-refractivity contribution in [2.75, 3.05) is 13.7 Å². The lowest BCUT2D eigenvalue weighted by atomic mass is 10.2. The molecule has 0 unspecified atom stereocenters. The van der Waals surface area contributed by atoms with E-state index in [2.05, 4.69) is 21.0 Å². The maximum Gasteiger partial charge on any atom is 0.342 e. The van der Waals surface area contributed by atoms with Crippen LogP contribution < -0.4 is 4.74 Å². The van der Waals surface area contributed by atoms with Crippen molar-refractivity contribution in [3.8, 4) is 5.75 Å². The van der Waals surface area contributed by atoms with Crippen molar-refractivity contribution in [1.29, 1.82) is 0 Å². The molecule has 0 spiro atoms. The Kier molecular flexibility index (Phi) is 4.79. The molecule has 1 aromatic carbocycles. The number of nitrogens with zero attached hydrogens (tertiary/aromatic N) is 2. The van der Waals surface area contributed by atoms with Crippen molar-refractivity contribution in [3.05, 3.63) is 46.2 Å². The van der Waals surface area contributed by atoms with Gasteiger partial charge in [0.1, 0.15) is 15.9 Å². The summed E-state index contributed by atoms with van der Waals surface area (Å²) in [6.07, 6.45) is 1.67. The average molecular weight is 339 g/mol. The Morgan fingerprint density at radius 1 is 1.35 bits per heavy atom. The third-order valence-corrected chi connectivity index (χ3v) is 3.30. The zero-order valence-electron chi connectivity index (χ0n) is 11.3. The molecule has 2 rings (SSSR count). The monoisotopic (exact) mass is 338 g/mol. The number of halogens is 1. The second-order valence-corrected chi connectivity index (χ2v) is 4.85. The number of ether oxygens (including phenoxy) is 2. The van der Waals surface area contributed by atoms with Gasteiger partial charge in [0.25, 0.3) is 0 Å². The van der Waals surface area contributed by atoms with Crippen LogP contribution in [0.5, 0.6) is 5.75 Å². The first-order chi connectivity index (χ1) is 9.63. The summed E-state index contributed by atoms with van der Waals surface area (Å²) in [5, 5.41) is 4.25. The number of carbonyl (C=O) groups excluding carboxylic acids is 1. The summed E-state index contributed by atoms with van der Waals surface area (Å²) in [6, 6.07) is 7.69. The average Bonchev–Trinajstić information content (AvgIpc) is 2.81. The van der Waals surface area contributed by atoms with Crippen molar-refractivity contribution >= 4 is 21.9 Å². The standard InChI is InChI=1S/C14H15BrN2O3/c1-3-20-14(18)12-9-17(16-13(12)15)8-10-4-6-11(19-2)7-5-10/h4-7,9H,3,8H2,1-2H3. The summed E-state index contributed by atoms with van der Waals surface area (Å²) in [7, 11) is 1.63. The summed E-state index contributed by atoms with van der Waals surface area (Å²) in [5.41, 5.74) is 1.50. The second kappa shape index (κ2) is 6.56. The molecule has 0 amide bonds. The van der Waals surface area contributed by atoms with Gasteiger partial charge in [-0.2, -0.15) is 5.10 Å². The molecule has 0 aliphatic heterocycles. The molecule has 0 aliphatic rings. The number of hydrogen-bond donors (Lipinski definition) is 0. The fourth-order valence-corrected chi connectivity index (χ4v) is 2.21. The Hall–Kier alpha value is -1.82. The molecule has 1 heterocycles. The summed E-state index contributed by atoms with van der Waals surface area (Å²) >= 11 is 3.27. The molecule has 2 aromatic rings. The van der Waals surface area contributed by atoms with Crippen molar-refractivity contribution in [1.82, 2.24) is 9.78 Å². The van der Waals surface area contributed by atoms with E-state index < -0.39 is 0 Å². The van der Waals surface area contributed by atoms with E-state index in [4.69, 9.17) is 9.47 Å². The van der Waals surface area contributed by atoms with Crippen LogP contribution in [0.2, 0.25) is 0 Å². The van der Waals surface area contributed by atoms with Crippen molar-refractivity contribution in [2.24, 2.45) is 0 Å². The molecule has 106 valence electrons. The molecule has 0 radical (unpaired) electrons. The first-order valence-corrected chi connectivity index (χ1v) is 6.96.